The molecule has 29 heavy (non-hydrogen) atoms. The summed E-state index contributed by atoms with van der Waals surface area (Å²) in [6, 6.07) is 10.3. The van der Waals surface area contributed by atoms with Crippen molar-refractivity contribution in [1.29, 1.82) is 0 Å². The lowest BCUT2D eigenvalue weighted by Crippen LogP contribution is -2.53. The summed E-state index contributed by atoms with van der Waals surface area (Å²) in [4.78, 5) is 21.0. The smallest absolute Gasteiger partial charge is 0.225 e. The molecule has 0 spiro atoms. The number of para-hydroxylation sites is 1. The van der Waals surface area contributed by atoms with E-state index in [1.54, 1.807) is 12.4 Å². The number of hydrogen-bond donors (Lipinski definition) is 2. The van der Waals surface area contributed by atoms with Crippen LogP contribution in [0.4, 0.5) is 5.95 Å². The monoisotopic (exact) mass is 505 g/mol. The first-order valence-electron chi connectivity index (χ1n) is 9.88. The number of anilines is 1. The molecule has 2 aromatic heterocycles. The quantitative estimate of drug-likeness (QED) is 0.242. The summed E-state index contributed by atoms with van der Waals surface area (Å²) in [5.74, 6) is 1.79. The molecule has 3 heterocycles. The summed E-state index contributed by atoms with van der Waals surface area (Å²) < 4.78 is 0. The van der Waals surface area contributed by atoms with E-state index in [-0.39, 0.29) is 24.0 Å². The number of hydrogen-bond acceptors (Lipinski definition) is 4. The molecule has 1 aliphatic heterocycles. The largest absolute Gasteiger partial charge is 0.361 e. The SMILES string of the molecule is CN=C(NCCCc1c[nH]c2ccccc12)N1CCN(c2ncccn2)CC1.I. The molecule has 0 saturated carbocycles. The van der Waals surface area contributed by atoms with Crippen molar-refractivity contribution in [2.45, 2.75) is 12.8 Å². The van der Waals surface area contributed by atoms with Crippen LogP contribution in [0.1, 0.15) is 12.0 Å². The fraction of sp³-hybridized carbons (Fsp3) is 0.381. The molecule has 0 unspecified atom stereocenters. The molecule has 0 aliphatic carbocycles. The number of halogens is 1. The van der Waals surface area contributed by atoms with Crippen molar-refractivity contribution >= 4 is 46.8 Å². The first kappa shape index (κ1) is 21.4. The molecule has 1 saturated heterocycles. The Bertz CT molecular complexity index is 917. The second kappa shape index (κ2) is 10.4. The molecule has 0 radical (unpaired) electrons. The number of H-pyrrole nitrogens is 1. The molecule has 0 bridgehead atoms. The fourth-order valence-electron chi connectivity index (χ4n) is 3.72. The molecule has 7 nitrogen and oxygen atoms in total. The van der Waals surface area contributed by atoms with Crippen molar-refractivity contribution in [3.8, 4) is 0 Å². The molecule has 3 aromatic rings. The average molecular weight is 505 g/mol. The van der Waals surface area contributed by atoms with E-state index in [1.165, 1.54) is 16.5 Å². The maximum absolute atomic E-state index is 4.47. The Morgan fingerprint density at radius 1 is 1.10 bits per heavy atom. The number of aromatic amines is 1. The number of aromatic nitrogens is 3. The number of guanidine groups is 1. The van der Waals surface area contributed by atoms with Gasteiger partial charge in [-0.15, -0.1) is 24.0 Å². The number of aliphatic imine (C=N–C) groups is 1. The Balaban J connectivity index is 0.00000240. The fourth-order valence-corrected chi connectivity index (χ4v) is 3.72. The molecule has 2 N–H and O–H groups in total. The second-order valence-corrected chi connectivity index (χ2v) is 6.96. The lowest BCUT2D eigenvalue weighted by molar-refractivity contribution is 0.370. The third-order valence-electron chi connectivity index (χ3n) is 5.21. The third-order valence-corrected chi connectivity index (χ3v) is 5.21. The summed E-state index contributed by atoms with van der Waals surface area (Å²) in [7, 11) is 1.86. The van der Waals surface area contributed by atoms with Gasteiger partial charge < -0.3 is 20.1 Å². The Morgan fingerprint density at radius 2 is 1.86 bits per heavy atom. The predicted octanol–water partition coefficient (Wildman–Crippen LogP) is 2.91. The number of piperazine rings is 1. The number of fused-ring (bicyclic) bond motifs is 1. The minimum absolute atomic E-state index is 0. The zero-order valence-corrected chi connectivity index (χ0v) is 19.0. The van der Waals surface area contributed by atoms with Gasteiger partial charge in [-0.1, -0.05) is 18.2 Å². The van der Waals surface area contributed by atoms with Gasteiger partial charge in [0.15, 0.2) is 5.96 Å². The van der Waals surface area contributed by atoms with E-state index in [2.05, 4.69) is 65.5 Å². The lowest BCUT2D eigenvalue weighted by Gasteiger charge is -2.36. The van der Waals surface area contributed by atoms with Crippen LogP contribution in [0.2, 0.25) is 0 Å². The third kappa shape index (κ3) is 5.17. The van der Waals surface area contributed by atoms with Crippen molar-refractivity contribution in [2.24, 2.45) is 4.99 Å². The summed E-state index contributed by atoms with van der Waals surface area (Å²) in [5, 5.41) is 4.85. The molecule has 4 rings (SSSR count). The maximum Gasteiger partial charge on any atom is 0.225 e. The number of rotatable bonds is 5. The van der Waals surface area contributed by atoms with Gasteiger partial charge in [-0.3, -0.25) is 4.99 Å². The Morgan fingerprint density at radius 3 is 2.62 bits per heavy atom. The first-order valence-corrected chi connectivity index (χ1v) is 9.88. The topological polar surface area (TPSA) is 72.4 Å². The highest BCUT2D eigenvalue weighted by Gasteiger charge is 2.20. The van der Waals surface area contributed by atoms with E-state index in [0.29, 0.717) is 0 Å². The highest BCUT2D eigenvalue weighted by atomic mass is 127. The summed E-state index contributed by atoms with van der Waals surface area (Å²) in [5.41, 5.74) is 2.59. The van der Waals surface area contributed by atoms with Crippen LogP contribution < -0.4 is 10.2 Å². The van der Waals surface area contributed by atoms with Gasteiger partial charge in [-0.05, 0) is 30.5 Å². The van der Waals surface area contributed by atoms with Gasteiger partial charge in [0.25, 0.3) is 0 Å². The van der Waals surface area contributed by atoms with E-state index in [4.69, 9.17) is 0 Å². The highest BCUT2D eigenvalue weighted by Crippen LogP contribution is 2.18. The molecule has 1 aromatic carbocycles. The first-order chi connectivity index (χ1) is 13.8. The van der Waals surface area contributed by atoms with Crippen LogP contribution in [0.25, 0.3) is 10.9 Å². The molecule has 1 aliphatic rings. The molecular formula is C21H28IN7. The minimum atomic E-state index is 0. The van der Waals surface area contributed by atoms with Gasteiger partial charge >= 0.3 is 0 Å². The number of aryl methyl sites for hydroxylation is 1. The summed E-state index contributed by atoms with van der Waals surface area (Å²) in [6.45, 7) is 4.55. The predicted molar refractivity (Wildman–Crippen MR) is 129 cm³/mol. The molecule has 154 valence electrons. The number of benzene rings is 1. The van der Waals surface area contributed by atoms with Crippen molar-refractivity contribution in [3.63, 3.8) is 0 Å². The second-order valence-electron chi connectivity index (χ2n) is 6.96. The Kier molecular flexibility index (Phi) is 7.68. The van der Waals surface area contributed by atoms with E-state index >= 15 is 0 Å². The van der Waals surface area contributed by atoms with Crippen molar-refractivity contribution in [2.75, 3.05) is 44.7 Å². The normalized spacial score (nSPS) is 14.7. The van der Waals surface area contributed by atoms with Crippen LogP contribution in [0.5, 0.6) is 0 Å². The van der Waals surface area contributed by atoms with Crippen LogP contribution >= 0.6 is 24.0 Å². The van der Waals surface area contributed by atoms with Gasteiger partial charge in [-0.25, -0.2) is 9.97 Å². The van der Waals surface area contributed by atoms with Crippen molar-refractivity contribution in [3.05, 3.63) is 54.5 Å². The molecule has 0 atom stereocenters. The zero-order chi connectivity index (χ0) is 19.2. The van der Waals surface area contributed by atoms with Crippen LogP contribution in [0.15, 0.2) is 53.9 Å². The van der Waals surface area contributed by atoms with Crippen molar-refractivity contribution in [1.82, 2.24) is 25.2 Å². The zero-order valence-electron chi connectivity index (χ0n) is 16.7. The molecule has 8 heteroatoms. The van der Waals surface area contributed by atoms with Crippen LogP contribution in [0, 0.1) is 0 Å². The summed E-state index contributed by atoms with van der Waals surface area (Å²) in [6.07, 6.45) is 7.84. The van der Waals surface area contributed by atoms with Gasteiger partial charge in [-0.2, -0.15) is 0 Å². The van der Waals surface area contributed by atoms with E-state index in [9.17, 15) is 0 Å². The Labute approximate surface area is 188 Å². The number of nitrogens with one attached hydrogen (secondary N) is 2. The van der Waals surface area contributed by atoms with Gasteiger partial charge in [0.05, 0.1) is 0 Å². The molecule has 0 amide bonds. The summed E-state index contributed by atoms with van der Waals surface area (Å²) >= 11 is 0. The van der Waals surface area contributed by atoms with E-state index < -0.39 is 0 Å². The van der Waals surface area contributed by atoms with Gasteiger partial charge in [0.2, 0.25) is 5.95 Å². The van der Waals surface area contributed by atoms with Crippen LogP contribution in [-0.2, 0) is 6.42 Å². The molecular weight excluding hydrogens is 477 g/mol. The molecule has 1 fully saturated rings. The number of nitrogens with zero attached hydrogens (tertiary/aromatic N) is 5. The maximum atomic E-state index is 4.47. The van der Waals surface area contributed by atoms with Crippen LogP contribution in [0.3, 0.4) is 0 Å². The minimum Gasteiger partial charge on any atom is -0.361 e. The van der Waals surface area contributed by atoms with Crippen LogP contribution in [-0.4, -0.2) is 65.6 Å². The van der Waals surface area contributed by atoms with E-state index in [0.717, 1.165) is 57.5 Å². The average Bonchev–Trinajstić information content (AvgIpc) is 3.18. The van der Waals surface area contributed by atoms with Gasteiger partial charge in [0.1, 0.15) is 0 Å². The van der Waals surface area contributed by atoms with Gasteiger partial charge in [0, 0.05) is 69.3 Å². The lowest BCUT2D eigenvalue weighted by atomic mass is 10.1. The van der Waals surface area contributed by atoms with Crippen molar-refractivity contribution < 1.29 is 0 Å². The standard InChI is InChI=1S/C21H27N7.HI/c1-22-20(27-12-14-28(15-13-27)21-24-10-5-11-25-21)23-9-4-6-17-16-26-19-8-3-2-7-18(17)19;/h2-3,5,7-8,10-11,16,26H,4,6,9,12-15H2,1H3,(H,22,23);1H. The Hall–Kier alpha value is -2.36. The van der Waals surface area contributed by atoms with E-state index in [1.807, 2.05) is 13.1 Å². The highest BCUT2D eigenvalue weighted by molar-refractivity contribution is 14.0.